The molecular weight excluding hydrogens is 263 g/mol. The van der Waals surface area contributed by atoms with E-state index in [0.717, 1.165) is 11.1 Å². The number of aryl methyl sites for hydroxylation is 1. The lowest BCUT2D eigenvalue weighted by atomic mass is 9.97. The predicted octanol–water partition coefficient (Wildman–Crippen LogP) is 3.69. The number of hydrogen-bond donors (Lipinski definition) is 1. The number of halogens is 2. The second kappa shape index (κ2) is 6.13. The van der Waals surface area contributed by atoms with E-state index in [0.29, 0.717) is 12.0 Å². The highest BCUT2D eigenvalue weighted by Gasteiger charge is 2.16. The van der Waals surface area contributed by atoms with Gasteiger partial charge in [-0.2, -0.15) is 0 Å². The molecule has 1 N–H and O–H groups in total. The third-order valence-corrected chi connectivity index (χ3v) is 3.55. The molecule has 1 atom stereocenters. The van der Waals surface area contributed by atoms with Gasteiger partial charge in [0.05, 0.1) is 5.02 Å². The zero-order valence-corrected chi connectivity index (χ0v) is 11.7. The molecule has 2 nitrogen and oxygen atoms in total. The quantitative estimate of drug-likeness (QED) is 0.923. The molecule has 1 aromatic heterocycles. The molecule has 0 aliphatic carbocycles. The van der Waals surface area contributed by atoms with Crippen molar-refractivity contribution in [1.82, 2.24) is 10.3 Å². The Balaban J connectivity index is 2.30. The van der Waals surface area contributed by atoms with Gasteiger partial charge in [-0.3, -0.25) is 4.98 Å². The monoisotopic (exact) mass is 278 g/mol. The van der Waals surface area contributed by atoms with Crippen LogP contribution in [0.4, 0.5) is 4.39 Å². The summed E-state index contributed by atoms with van der Waals surface area (Å²) >= 11 is 5.81. The standard InChI is InChI=1S/C15H16ClFN2/c1-10-6-7-19-9-12(10)14(18-2)8-11-4-3-5-13(16)15(11)17/h3-7,9,14,18H,8H2,1-2H3. The summed E-state index contributed by atoms with van der Waals surface area (Å²) in [5, 5.41) is 3.37. The summed E-state index contributed by atoms with van der Waals surface area (Å²) in [6.07, 6.45) is 4.11. The van der Waals surface area contributed by atoms with Crippen LogP contribution in [0.3, 0.4) is 0 Å². The Morgan fingerprint density at radius 2 is 2.16 bits per heavy atom. The number of nitrogens with one attached hydrogen (secondary N) is 1. The number of benzene rings is 1. The van der Waals surface area contributed by atoms with Crippen LogP contribution in [0.1, 0.15) is 22.7 Å². The average Bonchev–Trinajstić information content (AvgIpc) is 2.41. The van der Waals surface area contributed by atoms with Crippen LogP contribution >= 0.6 is 11.6 Å². The largest absolute Gasteiger partial charge is 0.313 e. The van der Waals surface area contributed by atoms with Gasteiger partial charge < -0.3 is 5.32 Å². The SMILES string of the molecule is CNC(Cc1cccc(Cl)c1F)c1cnccc1C. The summed E-state index contributed by atoms with van der Waals surface area (Å²) in [5.74, 6) is -0.342. The van der Waals surface area contributed by atoms with Crippen LogP contribution in [0.15, 0.2) is 36.7 Å². The van der Waals surface area contributed by atoms with Crippen molar-refractivity contribution in [3.8, 4) is 0 Å². The molecule has 0 aliphatic rings. The molecule has 0 fully saturated rings. The van der Waals surface area contributed by atoms with Gasteiger partial charge in [-0.25, -0.2) is 4.39 Å². The average molecular weight is 279 g/mol. The fraction of sp³-hybridized carbons (Fsp3) is 0.267. The van der Waals surface area contributed by atoms with E-state index < -0.39 is 0 Å². The molecule has 0 aliphatic heterocycles. The van der Waals surface area contributed by atoms with Crippen LogP contribution in [0.25, 0.3) is 0 Å². The summed E-state index contributed by atoms with van der Waals surface area (Å²) in [4.78, 5) is 4.14. The van der Waals surface area contributed by atoms with E-state index in [2.05, 4.69) is 10.3 Å². The fourth-order valence-corrected chi connectivity index (χ4v) is 2.33. The molecule has 19 heavy (non-hydrogen) atoms. The third-order valence-electron chi connectivity index (χ3n) is 3.26. The maximum absolute atomic E-state index is 13.9. The van der Waals surface area contributed by atoms with Crippen LogP contribution in [0, 0.1) is 12.7 Å². The number of rotatable bonds is 4. The second-order valence-electron chi connectivity index (χ2n) is 4.49. The van der Waals surface area contributed by atoms with E-state index >= 15 is 0 Å². The first-order chi connectivity index (χ1) is 9.13. The minimum absolute atomic E-state index is 0.0154. The molecule has 2 aromatic rings. The zero-order valence-electron chi connectivity index (χ0n) is 11.0. The van der Waals surface area contributed by atoms with E-state index in [9.17, 15) is 4.39 Å². The Morgan fingerprint density at radius 3 is 2.84 bits per heavy atom. The first kappa shape index (κ1) is 14.0. The first-order valence-electron chi connectivity index (χ1n) is 6.14. The number of likely N-dealkylation sites (N-methyl/N-ethyl adjacent to an activating group) is 1. The van der Waals surface area contributed by atoms with Gasteiger partial charge in [-0.15, -0.1) is 0 Å². The third kappa shape index (κ3) is 3.11. The molecule has 1 unspecified atom stereocenters. The summed E-state index contributed by atoms with van der Waals surface area (Å²) < 4.78 is 13.9. The van der Waals surface area contributed by atoms with Crippen molar-refractivity contribution in [2.24, 2.45) is 0 Å². The highest BCUT2D eigenvalue weighted by atomic mass is 35.5. The van der Waals surface area contributed by atoms with Crippen molar-refractivity contribution in [2.75, 3.05) is 7.05 Å². The highest BCUT2D eigenvalue weighted by Crippen LogP contribution is 2.24. The van der Waals surface area contributed by atoms with Gasteiger partial charge in [0.15, 0.2) is 0 Å². The van der Waals surface area contributed by atoms with E-state index in [1.165, 1.54) is 0 Å². The molecule has 0 saturated heterocycles. The van der Waals surface area contributed by atoms with Crippen molar-refractivity contribution >= 4 is 11.6 Å². The molecule has 2 rings (SSSR count). The number of pyridine rings is 1. The molecule has 0 amide bonds. The van der Waals surface area contributed by atoms with Gasteiger partial charge in [0.1, 0.15) is 5.82 Å². The summed E-state index contributed by atoms with van der Waals surface area (Å²) in [5.41, 5.74) is 2.82. The molecule has 0 saturated carbocycles. The van der Waals surface area contributed by atoms with Gasteiger partial charge in [-0.1, -0.05) is 23.7 Å². The zero-order chi connectivity index (χ0) is 13.8. The molecule has 4 heteroatoms. The van der Waals surface area contributed by atoms with Crippen LogP contribution in [0.5, 0.6) is 0 Å². The van der Waals surface area contributed by atoms with Crippen molar-refractivity contribution in [1.29, 1.82) is 0 Å². The maximum atomic E-state index is 13.9. The Hall–Kier alpha value is -1.45. The van der Waals surface area contributed by atoms with Crippen LogP contribution in [-0.4, -0.2) is 12.0 Å². The van der Waals surface area contributed by atoms with Gasteiger partial charge in [-0.05, 0) is 49.2 Å². The van der Waals surface area contributed by atoms with E-state index in [4.69, 9.17) is 11.6 Å². The lowest BCUT2D eigenvalue weighted by Crippen LogP contribution is -2.20. The Bertz CT molecular complexity index is 572. The molecule has 0 bridgehead atoms. The van der Waals surface area contributed by atoms with E-state index in [1.54, 1.807) is 24.4 Å². The van der Waals surface area contributed by atoms with Crippen LogP contribution < -0.4 is 5.32 Å². The van der Waals surface area contributed by atoms with Gasteiger partial charge >= 0.3 is 0 Å². The Kier molecular flexibility index (Phi) is 4.51. The van der Waals surface area contributed by atoms with Crippen molar-refractivity contribution in [3.63, 3.8) is 0 Å². The smallest absolute Gasteiger partial charge is 0.145 e. The minimum atomic E-state index is -0.342. The van der Waals surface area contributed by atoms with E-state index in [-0.39, 0.29) is 16.9 Å². The van der Waals surface area contributed by atoms with Crippen molar-refractivity contribution in [3.05, 3.63) is 64.2 Å². The topological polar surface area (TPSA) is 24.9 Å². The second-order valence-corrected chi connectivity index (χ2v) is 4.90. The molecule has 0 radical (unpaired) electrons. The Labute approximate surface area is 117 Å². The molecular formula is C15H16ClFN2. The number of hydrogen-bond acceptors (Lipinski definition) is 2. The normalized spacial score (nSPS) is 12.4. The van der Waals surface area contributed by atoms with Gasteiger partial charge in [0, 0.05) is 18.4 Å². The Morgan fingerprint density at radius 1 is 1.37 bits per heavy atom. The fourth-order valence-electron chi connectivity index (χ4n) is 2.13. The van der Waals surface area contributed by atoms with Gasteiger partial charge in [0.2, 0.25) is 0 Å². The lowest BCUT2D eigenvalue weighted by Gasteiger charge is -2.19. The predicted molar refractivity (Wildman–Crippen MR) is 75.9 cm³/mol. The maximum Gasteiger partial charge on any atom is 0.145 e. The molecule has 1 heterocycles. The van der Waals surface area contributed by atoms with Gasteiger partial charge in [0.25, 0.3) is 0 Å². The molecule has 0 spiro atoms. The highest BCUT2D eigenvalue weighted by molar-refractivity contribution is 6.30. The van der Waals surface area contributed by atoms with Crippen LogP contribution in [-0.2, 0) is 6.42 Å². The minimum Gasteiger partial charge on any atom is -0.313 e. The molecule has 1 aromatic carbocycles. The number of nitrogens with zero attached hydrogens (tertiary/aromatic N) is 1. The van der Waals surface area contributed by atoms with E-state index in [1.807, 2.05) is 26.2 Å². The van der Waals surface area contributed by atoms with Crippen LogP contribution in [0.2, 0.25) is 5.02 Å². The number of aromatic nitrogens is 1. The lowest BCUT2D eigenvalue weighted by molar-refractivity contribution is 0.551. The van der Waals surface area contributed by atoms with Crippen molar-refractivity contribution in [2.45, 2.75) is 19.4 Å². The van der Waals surface area contributed by atoms with Crippen molar-refractivity contribution < 1.29 is 4.39 Å². The summed E-state index contributed by atoms with van der Waals surface area (Å²) in [6.45, 7) is 2.02. The summed E-state index contributed by atoms with van der Waals surface area (Å²) in [6, 6.07) is 7.06. The first-order valence-corrected chi connectivity index (χ1v) is 6.52. The summed E-state index contributed by atoms with van der Waals surface area (Å²) in [7, 11) is 1.86. The molecule has 100 valence electrons.